The lowest BCUT2D eigenvalue weighted by molar-refractivity contribution is 0.122. The molecule has 1 heterocycles. The summed E-state index contributed by atoms with van der Waals surface area (Å²) in [5.41, 5.74) is 8.29. The van der Waals surface area contributed by atoms with Gasteiger partial charge >= 0.3 is 0 Å². The van der Waals surface area contributed by atoms with Gasteiger partial charge in [0.15, 0.2) is 0 Å². The zero-order valence-corrected chi connectivity index (χ0v) is 11.8. The van der Waals surface area contributed by atoms with Crippen molar-refractivity contribution in [2.24, 2.45) is 5.41 Å². The summed E-state index contributed by atoms with van der Waals surface area (Å²) in [4.78, 5) is 6.79. The van der Waals surface area contributed by atoms with Crippen molar-refractivity contribution in [1.82, 2.24) is 9.88 Å². The monoisotopic (exact) mass is 247 g/mol. The van der Waals surface area contributed by atoms with Gasteiger partial charge in [0.1, 0.15) is 0 Å². The molecule has 3 nitrogen and oxygen atoms in total. The number of nitrogens with two attached hydrogens (primary N) is 1. The summed E-state index contributed by atoms with van der Waals surface area (Å²) in [5.74, 6) is 0. The quantitative estimate of drug-likeness (QED) is 0.892. The summed E-state index contributed by atoms with van der Waals surface area (Å²) in [7, 11) is 2.19. The highest BCUT2D eigenvalue weighted by atomic mass is 15.1. The smallest absolute Gasteiger partial charge is 0.0772 e. The number of nitrogen functional groups attached to an aromatic ring is 1. The SMILES string of the molecule is CN(Cc1ncccc1N)C1CCC(C)(C)CC1. The zero-order valence-electron chi connectivity index (χ0n) is 11.8. The number of pyridine rings is 1. The van der Waals surface area contributed by atoms with Gasteiger partial charge in [-0.1, -0.05) is 13.8 Å². The predicted molar refractivity (Wildman–Crippen MR) is 76.2 cm³/mol. The predicted octanol–water partition coefficient (Wildman–Crippen LogP) is 3.06. The van der Waals surface area contributed by atoms with Crippen LogP contribution in [0.15, 0.2) is 18.3 Å². The average molecular weight is 247 g/mol. The molecule has 0 bridgehead atoms. The van der Waals surface area contributed by atoms with Crippen molar-refractivity contribution in [2.75, 3.05) is 12.8 Å². The fraction of sp³-hybridized carbons (Fsp3) is 0.667. The maximum absolute atomic E-state index is 5.95. The van der Waals surface area contributed by atoms with Crippen molar-refractivity contribution in [2.45, 2.75) is 52.1 Å². The van der Waals surface area contributed by atoms with E-state index in [1.54, 1.807) is 0 Å². The normalized spacial score (nSPS) is 20.2. The summed E-state index contributed by atoms with van der Waals surface area (Å²) < 4.78 is 0. The molecule has 0 aliphatic heterocycles. The van der Waals surface area contributed by atoms with E-state index in [-0.39, 0.29) is 0 Å². The van der Waals surface area contributed by atoms with Crippen molar-refractivity contribution in [3.8, 4) is 0 Å². The van der Waals surface area contributed by atoms with Gasteiger partial charge in [-0.2, -0.15) is 0 Å². The summed E-state index contributed by atoms with van der Waals surface area (Å²) in [6, 6.07) is 4.50. The van der Waals surface area contributed by atoms with Gasteiger partial charge in [0.2, 0.25) is 0 Å². The number of rotatable bonds is 3. The first-order chi connectivity index (χ1) is 8.48. The lowest BCUT2D eigenvalue weighted by Crippen LogP contribution is -2.37. The van der Waals surface area contributed by atoms with E-state index in [9.17, 15) is 0 Å². The number of aromatic nitrogens is 1. The minimum atomic E-state index is 0.529. The molecule has 2 rings (SSSR count). The third-order valence-corrected chi connectivity index (χ3v) is 4.26. The van der Waals surface area contributed by atoms with E-state index in [0.717, 1.165) is 17.9 Å². The second kappa shape index (κ2) is 5.27. The van der Waals surface area contributed by atoms with Gasteiger partial charge in [0.05, 0.1) is 11.4 Å². The molecule has 0 radical (unpaired) electrons. The summed E-state index contributed by atoms with van der Waals surface area (Å²) in [5, 5.41) is 0. The lowest BCUT2D eigenvalue weighted by atomic mass is 9.75. The average Bonchev–Trinajstić information content (AvgIpc) is 2.32. The Kier molecular flexibility index (Phi) is 3.91. The van der Waals surface area contributed by atoms with Crippen LogP contribution in [0.5, 0.6) is 0 Å². The first-order valence-corrected chi connectivity index (χ1v) is 6.87. The van der Waals surface area contributed by atoms with E-state index in [1.807, 2.05) is 18.3 Å². The van der Waals surface area contributed by atoms with Gasteiger partial charge in [0.25, 0.3) is 0 Å². The molecule has 0 saturated heterocycles. The third-order valence-electron chi connectivity index (χ3n) is 4.26. The molecule has 1 fully saturated rings. The zero-order chi connectivity index (χ0) is 13.2. The lowest BCUT2D eigenvalue weighted by Gasteiger charge is -2.38. The molecule has 100 valence electrons. The van der Waals surface area contributed by atoms with Crippen LogP contribution in [0, 0.1) is 5.41 Å². The Morgan fingerprint density at radius 3 is 2.67 bits per heavy atom. The minimum Gasteiger partial charge on any atom is -0.397 e. The van der Waals surface area contributed by atoms with Crippen LogP contribution in [0.25, 0.3) is 0 Å². The highest BCUT2D eigenvalue weighted by Gasteiger charge is 2.28. The largest absolute Gasteiger partial charge is 0.397 e. The molecule has 0 aromatic carbocycles. The number of anilines is 1. The van der Waals surface area contributed by atoms with Crippen molar-refractivity contribution in [3.05, 3.63) is 24.0 Å². The molecule has 1 aliphatic rings. The number of nitrogens with zero attached hydrogens (tertiary/aromatic N) is 2. The van der Waals surface area contributed by atoms with Gasteiger partial charge < -0.3 is 5.73 Å². The van der Waals surface area contributed by atoms with Gasteiger partial charge in [-0.05, 0) is 50.3 Å². The van der Waals surface area contributed by atoms with Crippen LogP contribution in [-0.4, -0.2) is 23.0 Å². The van der Waals surface area contributed by atoms with Crippen LogP contribution in [-0.2, 0) is 6.54 Å². The Bertz CT molecular complexity index is 390. The fourth-order valence-electron chi connectivity index (χ4n) is 2.77. The molecule has 0 unspecified atom stereocenters. The first kappa shape index (κ1) is 13.3. The molecule has 1 saturated carbocycles. The first-order valence-electron chi connectivity index (χ1n) is 6.87. The van der Waals surface area contributed by atoms with Crippen molar-refractivity contribution in [3.63, 3.8) is 0 Å². The fourth-order valence-corrected chi connectivity index (χ4v) is 2.77. The number of hydrogen-bond acceptors (Lipinski definition) is 3. The molecule has 0 spiro atoms. The minimum absolute atomic E-state index is 0.529. The summed E-state index contributed by atoms with van der Waals surface area (Å²) in [6.45, 7) is 5.61. The van der Waals surface area contributed by atoms with Crippen molar-refractivity contribution >= 4 is 5.69 Å². The maximum Gasteiger partial charge on any atom is 0.0772 e. The third kappa shape index (κ3) is 3.22. The Labute approximate surface area is 110 Å². The molecular weight excluding hydrogens is 222 g/mol. The van der Waals surface area contributed by atoms with E-state index in [0.29, 0.717) is 11.5 Å². The van der Waals surface area contributed by atoms with Crippen LogP contribution >= 0.6 is 0 Å². The molecule has 1 aromatic rings. The second-order valence-electron chi connectivity index (χ2n) is 6.35. The van der Waals surface area contributed by atoms with Crippen LogP contribution < -0.4 is 5.73 Å². The molecule has 1 aromatic heterocycles. The molecule has 1 aliphatic carbocycles. The standard InChI is InChI=1S/C15H25N3/c1-15(2)8-6-12(7-9-15)18(3)11-14-13(16)5-4-10-17-14/h4-5,10,12H,6-9,11,16H2,1-3H3. The Balaban J connectivity index is 1.93. The van der Waals surface area contributed by atoms with Crippen LogP contribution in [0.3, 0.4) is 0 Å². The van der Waals surface area contributed by atoms with Crippen LogP contribution in [0.4, 0.5) is 5.69 Å². The van der Waals surface area contributed by atoms with Crippen LogP contribution in [0.1, 0.15) is 45.2 Å². The molecular formula is C15H25N3. The molecule has 0 atom stereocenters. The van der Waals surface area contributed by atoms with Crippen LogP contribution in [0.2, 0.25) is 0 Å². The maximum atomic E-state index is 5.95. The van der Waals surface area contributed by atoms with E-state index >= 15 is 0 Å². The molecule has 2 N–H and O–H groups in total. The number of hydrogen-bond donors (Lipinski definition) is 1. The summed E-state index contributed by atoms with van der Waals surface area (Å²) >= 11 is 0. The highest BCUT2D eigenvalue weighted by Crippen LogP contribution is 2.36. The van der Waals surface area contributed by atoms with E-state index in [1.165, 1.54) is 25.7 Å². The van der Waals surface area contributed by atoms with Crippen molar-refractivity contribution in [1.29, 1.82) is 0 Å². The van der Waals surface area contributed by atoms with E-state index in [2.05, 4.69) is 30.8 Å². The second-order valence-corrected chi connectivity index (χ2v) is 6.35. The van der Waals surface area contributed by atoms with E-state index < -0.39 is 0 Å². The summed E-state index contributed by atoms with van der Waals surface area (Å²) in [6.07, 6.45) is 7.04. The van der Waals surface area contributed by atoms with Gasteiger partial charge in [-0.3, -0.25) is 9.88 Å². The Morgan fingerprint density at radius 1 is 1.39 bits per heavy atom. The van der Waals surface area contributed by atoms with Gasteiger partial charge in [-0.15, -0.1) is 0 Å². The topological polar surface area (TPSA) is 42.2 Å². The van der Waals surface area contributed by atoms with Gasteiger partial charge in [0, 0.05) is 18.8 Å². The van der Waals surface area contributed by atoms with Gasteiger partial charge in [-0.25, -0.2) is 0 Å². The van der Waals surface area contributed by atoms with Crippen molar-refractivity contribution < 1.29 is 0 Å². The van der Waals surface area contributed by atoms with E-state index in [4.69, 9.17) is 5.73 Å². The Hall–Kier alpha value is -1.09. The molecule has 0 amide bonds. The Morgan fingerprint density at radius 2 is 2.06 bits per heavy atom. The molecule has 3 heteroatoms. The molecule has 18 heavy (non-hydrogen) atoms. The highest BCUT2D eigenvalue weighted by molar-refractivity contribution is 5.41.